The molecule has 152 valence electrons. The molecule has 2 aliphatic rings. The maximum Gasteiger partial charge on any atom is 0.270 e. The Labute approximate surface area is 169 Å². The molecule has 1 unspecified atom stereocenters. The Hall–Kier alpha value is -2.52. The number of hydrogen-bond donors (Lipinski definition) is 2. The van der Waals surface area contributed by atoms with E-state index in [1.807, 2.05) is 0 Å². The van der Waals surface area contributed by atoms with Gasteiger partial charge in [-0.2, -0.15) is 0 Å². The second-order valence-electron chi connectivity index (χ2n) is 7.48. The predicted octanol–water partition coefficient (Wildman–Crippen LogP) is 3.55. The SMILES string of the molecule is O=C(c1cc2c(F)c(F)ccc2[nH]1)N1CCc2nc(NCC3CCOC3)sc2C1. The molecule has 0 bridgehead atoms. The van der Waals surface area contributed by atoms with Crippen LogP contribution in [0.5, 0.6) is 0 Å². The van der Waals surface area contributed by atoms with E-state index in [-0.39, 0.29) is 17.0 Å². The van der Waals surface area contributed by atoms with Gasteiger partial charge >= 0.3 is 0 Å². The average Bonchev–Trinajstić information content (AvgIpc) is 3.47. The smallest absolute Gasteiger partial charge is 0.270 e. The largest absolute Gasteiger partial charge is 0.381 e. The fourth-order valence-corrected chi connectivity index (χ4v) is 4.88. The molecule has 2 N–H and O–H groups in total. The highest BCUT2D eigenvalue weighted by Crippen LogP contribution is 2.30. The molecule has 0 aliphatic carbocycles. The van der Waals surface area contributed by atoms with Crippen LogP contribution in [-0.2, 0) is 17.7 Å². The van der Waals surface area contributed by atoms with Crippen molar-refractivity contribution in [2.45, 2.75) is 19.4 Å². The number of H-pyrrole nitrogens is 1. The van der Waals surface area contributed by atoms with Crippen LogP contribution in [0.3, 0.4) is 0 Å². The van der Waals surface area contributed by atoms with Crippen molar-refractivity contribution in [3.63, 3.8) is 0 Å². The summed E-state index contributed by atoms with van der Waals surface area (Å²) < 4.78 is 32.8. The highest BCUT2D eigenvalue weighted by molar-refractivity contribution is 7.15. The standard InChI is InChI=1S/C20H20F2N4O2S/c21-13-1-2-14-12(18(13)22)7-16(24-14)19(27)26-5-3-15-17(9-26)29-20(25-15)23-8-11-4-6-28-10-11/h1-2,7,11,24H,3-6,8-10H2,(H,23,25). The number of carbonyl (C=O) groups is 1. The average molecular weight is 418 g/mol. The number of benzene rings is 1. The van der Waals surface area contributed by atoms with Crippen molar-refractivity contribution in [1.82, 2.24) is 14.9 Å². The zero-order valence-electron chi connectivity index (χ0n) is 15.6. The second-order valence-corrected chi connectivity index (χ2v) is 8.57. The summed E-state index contributed by atoms with van der Waals surface area (Å²) in [6.45, 7) is 3.45. The normalized spacial score (nSPS) is 19.0. The highest BCUT2D eigenvalue weighted by atomic mass is 32.1. The van der Waals surface area contributed by atoms with Gasteiger partial charge < -0.3 is 19.9 Å². The van der Waals surface area contributed by atoms with Crippen molar-refractivity contribution in [3.8, 4) is 0 Å². The quantitative estimate of drug-likeness (QED) is 0.680. The summed E-state index contributed by atoms with van der Waals surface area (Å²) in [5.41, 5.74) is 1.69. The minimum Gasteiger partial charge on any atom is -0.381 e. The van der Waals surface area contributed by atoms with E-state index in [1.54, 1.807) is 16.2 Å². The van der Waals surface area contributed by atoms with Gasteiger partial charge in [0.25, 0.3) is 5.91 Å². The van der Waals surface area contributed by atoms with E-state index in [2.05, 4.69) is 15.3 Å². The summed E-state index contributed by atoms with van der Waals surface area (Å²) in [6, 6.07) is 3.88. The topological polar surface area (TPSA) is 70.2 Å². The lowest BCUT2D eigenvalue weighted by Gasteiger charge is -2.25. The molecular formula is C20H20F2N4O2S. The van der Waals surface area contributed by atoms with Crippen molar-refractivity contribution in [3.05, 3.63) is 46.1 Å². The number of carbonyl (C=O) groups excluding carboxylic acids is 1. The lowest BCUT2D eigenvalue weighted by molar-refractivity contribution is 0.0731. The van der Waals surface area contributed by atoms with E-state index in [0.29, 0.717) is 30.9 Å². The summed E-state index contributed by atoms with van der Waals surface area (Å²) in [5, 5.41) is 4.35. The molecule has 29 heavy (non-hydrogen) atoms. The molecule has 5 rings (SSSR count). The van der Waals surface area contributed by atoms with Crippen molar-refractivity contribution in [2.24, 2.45) is 5.92 Å². The van der Waals surface area contributed by atoms with Crippen molar-refractivity contribution < 1.29 is 18.3 Å². The molecule has 1 saturated heterocycles. The van der Waals surface area contributed by atoms with E-state index in [0.717, 1.165) is 47.9 Å². The first kappa shape index (κ1) is 18.5. The zero-order chi connectivity index (χ0) is 20.0. The first-order chi connectivity index (χ1) is 14.1. The molecule has 0 spiro atoms. The molecule has 1 fully saturated rings. The number of amides is 1. The monoisotopic (exact) mass is 418 g/mol. The maximum absolute atomic E-state index is 14.0. The highest BCUT2D eigenvalue weighted by Gasteiger charge is 2.27. The molecule has 0 saturated carbocycles. The number of thiazole rings is 1. The third-order valence-electron chi connectivity index (χ3n) is 5.51. The van der Waals surface area contributed by atoms with Gasteiger partial charge in [0, 0.05) is 47.8 Å². The number of fused-ring (bicyclic) bond motifs is 2. The molecule has 1 amide bonds. The van der Waals surface area contributed by atoms with Gasteiger partial charge in [-0.05, 0) is 24.6 Å². The van der Waals surface area contributed by atoms with Crippen LogP contribution in [0.15, 0.2) is 18.2 Å². The van der Waals surface area contributed by atoms with Crippen LogP contribution in [0.2, 0.25) is 0 Å². The van der Waals surface area contributed by atoms with Gasteiger partial charge in [0.1, 0.15) is 5.69 Å². The first-order valence-electron chi connectivity index (χ1n) is 9.64. The Kier molecular flexibility index (Phi) is 4.71. The summed E-state index contributed by atoms with van der Waals surface area (Å²) in [5.74, 6) is -1.57. The van der Waals surface area contributed by atoms with Crippen LogP contribution in [0.1, 0.15) is 27.5 Å². The summed E-state index contributed by atoms with van der Waals surface area (Å²) >= 11 is 1.57. The van der Waals surface area contributed by atoms with Crippen molar-refractivity contribution in [1.29, 1.82) is 0 Å². The van der Waals surface area contributed by atoms with E-state index in [4.69, 9.17) is 4.74 Å². The number of anilines is 1. The van der Waals surface area contributed by atoms with Gasteiger partial charge in [-0.1, -0.05) is 11.3 Å². The van der Waals surface area contributed by atoms with Gasteiger partial charge in [0.2, 0.25) is 0 Å². The van der Waals surface area contributed by atoms with Crippen LogP contribution >= 0.6 is 11.3 Å². The van der Waals surface area contributed by atoms with Gasteiger partial charge in [0.15, 0.2) is 16.8 Å². The molecular weight excluding hydrogens is 398 g/mol. The molecule has 1 atom stereocenters. The number of aromatic amines is 1. The van der Waals surface area contributed by atoms with Crippen LogP contribution < -0.4 is 5.32 Å². The number of halogens is 2. The Morgan fingerprint density at radius 2 is 2.31 bits per heavy atom. The Morgan fingerprint density at radius 3 is 3.14 bits per heavy atom. The van der Waals surface area contributed by atoms with Crippen LogP contribution in [0.25, 0.3) is 10.9 Å². The zero-order valence-corrected chi connectivity index (χ0v) is 16.5. The lowest BCUT2D eigenvalue weighted by atomic mass is 10.1. The Balaban J connectivity index is 1.30. The lowest BCUT2D eigenvalue weighted by Crippen LogP contribution is -2.35. The number of nitrogens with zero attached hydrogens (tertiary/aromatic N) is 2. The summed E-state index contributed by atoms with van der Waals surface area (Å²) in [6.07, 6.45) is 1.74. The Bertz CT molecular complexity index is 1070. The third-order valence-corrected chi connectivity index (χ3v) is 6.55. The minimum absolute atomic E-state index is 0.0891. The third kappa shape index (κ3) is 3.49. The van der Waals surface area contributed by atoms with E-state index in [1.165, 1.54) is 12.1 Å². The van der Waals surface area contributed by atoms with E-state index >= 15 is 0 Å². The molecule has 3 aromatic rings. The molecule has 1 aromatic carbocycles. The fraction of sp³-hybridized carbons (Fsp3) is 0.400. The molecule has 4 heterocycles. The van der Waals surface area contributed by atoms with Crippen LogP contribution in [0, 0.1) is 17.6 Å². The number of nitrogens with one attached hydrogen (secondary N) is 2. The van der Waals surface area contributed by atoms with E-state index in [9.17, 15) is 13.6 Å². The second kappa shape index (κ2) is 7.38. The van der Waals surface area contributed by atoms with Crippen LogP contribution in [0.4, 0.5) is 13.9 Å². The van der Waals surface area contributed by atoms with Crippen molar-refractivity contribution in [2.75, 3.05) is 31.6 Å². The number of rotatable bonds is 4. The number of aromatic nitrogens is 2. The molecule has 0 radical (unpaired) electrons. The molecule has 9 heteroatoms. The molecule has 6 nitrogen and oxygen atoms in total. The van der Waals surface area contributed by atoms with E-state index < -0.39 is 11.6 Å². The van der Waals surface area contributed by atoms with Crippen LogP contribution in [-0.4, -0.2) is 47.1 Å². The summed E-state index contributed by atoms with van der Waals surface area (Å²) in [4.78, 5) is 23.3. The fourth-order valence-electron chi connectivity index (χ4n) is 3.85. The Morgan fingerprint density at radius 1 is 1.41 bits per heavy atom. The summed E-state index contributed by atoms with van der Waals surface area (Å²) in [7, 11) is 0. The van der Waals surface area contributed by atoms with Gasteiger partial charge in [0.05, 0.1) is 18.8 Å². The molecule has 2 aliphatic heterocycles. The molecule has 2 aromatic heterocycles. The van der Waals surface area contributed by atoms with Gasteiger partial charge in [-0.25, -0.2) is 13.8 Å². The minimum atomic E-state index is -0.940. The number of hydrogen-bond acceptors (Lipinski definition) is 5. The van der Waals surface area contributed by atoms with Gasteiger partial charge in [-0.3, -0.25) is 4.79 Å². The number of ether oxygens (including phenoxy) is 1. The maximum atomic E-state index is 14.0. The van der Waals surface area contributed by atoms with Crippen molar-refractivity contribution >= 4 is 33.3 Å². The predicted molar refractivity (Wildman–Crippen MR) is 106 cm³/mol. The first-order valence-corrected chi connectivity index (χ1v) is 10.5. The van der Waals surface area contributed by atoms with Gasteiger partial charge in [-0.15, -0.1) is 0 Å².